The van der Waals surface area contributed by atoms with Crippen LogP contribution in [0.2, 0.25) is 20.4 Å². The molecular weight excluding hydrogens is 976 g/mol. The number of nitrogens with zero attached hydrogens (tertiary/aromatic N) is 12. The average Bonchev–Trinajstić information content (AvgIpc) is 3.93. The van der Waals surface area contributed by atoms with Gasteiger partial charge >= 0.3 is 12.0 Å². The Labute approximate surface area is 407 Å². The Morgan fingerprint density at radius 1 is 0.646 bits per heavy atom. The van der Waals surface area contributed by atoms with Crippen LogP contribution >= 0.6 is 62.3 Å². The topological polar surface area (TPSA) is 164 Å². The summed E-state index contributed by atoms with van der Waals surface area (Å²) < 4.78 is 15.8. The van der Waals surface area contributed by atoms with Gasteiger partial charge in [-0.05, 0) is 120 Å². The van der Waals surface area contributed by atoms with E-state index in [0.29, 0.717) is 84.2 Å². The zero-order valence-electron chi connectivity index (χ0n) is 36.2. The first-order chi connectivity index (χ1) is 31.5. The van der Waals surface area contributed by atoms with Crippen LogP contribution in [-0.4, -0.2) is 82.1 Å². The van der Waals surface area contributed by atoms with Gasteiger partial charge in [0.2, 0.25) is 4.73 Å². The number of hydrogen-bond acceptors (Lipinski definition) is 13. The van der Waals surface area contributed by atoms with Crippen LogP contribution in [0.1, 0.15) is 58.2 Å². The van der Waals surface area contributed by atoms with E-state index in [4.69, 9.17) is 71.7 Å². The maximum Gasteiger partial charge on any atom is 0.321 e. The Hall–Kier alpha value is -4.32. The van der Waals surface area contributed by atoms with Crippen molar-refractivity contribution in [3.63, 3.8) is 0 Å². The van der Waals surface area contributed by atoms with Crippen LogP contribution in [0.3, 0.4) is 0 Å². The SMILES string of the molecule is CCCn1nc(Br)nc1Oc1cccc(Cl)c1.CCCn1nc(CC2C3CCC2CN(c2cnnc(Cl)c2)C3)nc1Oc1cccc(Cl)c1.NC1C2CCC1CN(c1cnnc(Cl)c1)C2. The predicted molar refractivity (Wildman–Crippen MR) is 257 cm³/mol. The third-order valence-electron chi connectivity index (χ3n) is 12.5. The van der Waals surface area contributed by atoms with Crippen LogP contribution in [0.15, 0.2) is 77.8 Å². The molecule has 4 aromatic heterocycles. The summed E-state index contributed by atoms with van der Waals surface area (Å²) in [4.78, 5) is 13.7. The Morgan fingerprint density at radius 3 is 1.62 bits per heavy atom. The van der Waals surface area contributed by atoms with Gasteiger partial charge < -0.3 is 25.0 Å². The van der Waals surface area contributed by atoms with E-state index in [9.17, 15) is 0 Å². The van der Waals surface area contributed by atoms with Crippen LogP contribution in [0, 0.1) is 29.6 Å². The average molecular weight is 1030 g/mol. The number of nitrogens with two attached hydrogens (primary N) is 1. The molecule has 2 aromatic carbocycles. The zero-order chi connectivity index (χ0) is 45.5. The molecule has 4 unspecified atom stereocenters. The third-order valence-corrected chi connectivity index (χ3v) is 13.7. The van der Waals surface area contributed by atoms with Gasteiger partial charge in [-0.1, -0.05) is 72.4 Å². The van der Waals surface area contributed by atoms with Gasteiger partial charge in [0, 0.05) is 73.9 Å². The molecule has 4 aliphatic rings. The van der Waals surface area contributed by atoms with E-state index in [2.05, 4.69) is 70.1 Å². The molecule has 0 amide bonds. The van der Waals surface area contributed by atoms with Crippen LogP contribution < -0.4 is 25.0 Å². The van der Waals surface area contributed by atoms with Crippen molar-refractivity contribution in [1.29, 1.82) is 0 Å². The number of piperidine rings is 2. The van der Waals surface area contributed by atoms with Crippen LogP contribution in [0.5, 0.6) is 23.5 Å². The molecule has 6 heterocycles. The second-order valence-corrected chi connectivity index (χ2v) is 19.3. The Bertz CT molecular complexity index is 2490. The standard InChI is InChI=1S/C23H26Cl2N6O.C11H11BrClN3O.C11H15ClN4/c1-2-8-31-23(32-19-5-3-4-17(24)9-19)27-22(29-31)11-20-15-6-7-16(20)14-30(13-15)18-10-21(25)28-26-12-18;1-2-6-16-11(14-10(12)15-16)17-9-5-3-4-8(13)7-9;12-10-3-9(4-14-15-10)16-5-7-1-2-8(6-16)11(7)13/h3-5,9-10,12,15-16,20H,2,6-8,11,13-14H2,1H3;3-5,7H,2,6H2,1H3;3-4,7-8,11H,1-2,5-6,13H2. The molecule has 0 radical (unpaired) electrons. The lowest BCUT2D eigenvalue weighted by Crippen LogP contribution is -2.48. The van der Waals surface area contributed by atoms with Crippen molar-refractivity contribution >= 4 is 73.7 Å². The highest BCUT2D eigenvalue weighted by Crippen LogP contribution is 2.45. The molecule has 2 N–H and O–H groups in total. The molecule has 4 bridgehead atoms. The Balaban J connectivity index is 0.000000147. The molecule has 2 aliphatic heterocycles. The number of benzene rings is 2. The fourth-order valence-corrected chi connectivity index (χ4v) is 10.5. The summed E-state index contributed by atoms with van der Waals surface area (Å²) in [6.07, 6.45) is 11.4. The van der Waals surface area contributed by atoms with E-state index >= 15 is 0 Å². The summed E-state index contributed by atoms with van der Waals surface area (Å²) >= 11 is 27.1. The molecule has 10 rings (SSSR count). The van der Waals surface area contributed by atoms with Gasteiger partial charge in [-0.3, -0.25) is 0 Å². The number of fused-ring (bicyclic) bond motifs is 4. The second kappa shape index (κ2) is 22.0. The maximum atomic E-state index is 6.17. The van der Waals surface area contributed by atoms with Crippen molar-refractivity contribution < 1.29 is 9.47 Å². The fourth-order valence-electron chi connectivity index (χ4n) is 9.47. The normalized spacial score (nSPS) is 21.9. The van der Waals surface area contributed by atoms with Crippen molar-refractivity contribution in [3.8, 4) is 23.5 Å². The highest BCUT2D eigenvalue weighted by Gasteiger charge is 2.43. The number of aromatic nitrogens is 10. The number of ether oxygens (including phenoxy) is 2. The Morgan fingerprint density at radius 2 is 1.12 bits per heavy atom. The summed E-state index contributed by atoms with van der Waals surface area (Å²) in [7, 11) is 0. The number of hydrogen-bond donors (Lipinski definition) is 1. The van der Waals surface area contributed by atoms with Gasteiger partial charge in [0.05, 0.1) is 23.8 Å². The van der Waals surface area contributed by atoms with Gasteiger partial charge in [-0.25, -0.2) is 9.36 Å². The van der Waals surface area contributed by atoms with E-state index in [1.165, 1.54) is 25.7 Å². The number of rotatable bonds is 12. The van der Waals surface area contributed by atoms with Crippen LogP contribution in [-0.2, 0) is 19.5 Å². The lowest BCUT2D eigenvalue weighted by Gasteiger charge is -2.38. The molecule has 4 atom stereocenters. The van der Waals surface area contributed by atoms with Gasteiger partial charge in [0.25, 0.3) is 0 Å². The summed E-state index contributed by atoms with van der Waals surface area (Å²) in [6.45, 7) is 9.78. The number of anilines is 2. The van der Waals surface area contributed by atoms with Crippen LogP contribution in [0.4, 0.5) is 11.4 Å². The summed E-state index contributed by atoms with van der Waals surface area (Å²) in [6, 6.07) is 19.7. The first kappa shape index (κ1) is 47.2. The van der Waals surface area contributed by atoms with Gasteiger partial charge in [0.15, 0.2) is 16.1 Å². The second-order valence-electron chi connectivity index (χ2n) is 17.0. The molecule has 0 spiro atoms. The molecule has 2 saturated heterocycles. The number of aryl methyl sites for hydroxylation is 2. The molecule has 65 heavy (non-hydrogen) atoms. The van der Waals surface area contributed by atoms with E-state index in [-0.39, 0.29) is 0 Å². The van der Waals surface area contributed by atoms with E-state index in [1.54, 1.807) is 35.3 Å². The van der Waals surface area contributed by atoms with Crippen molar-refractivity contribution in [1.82, 2.24) is 49.9 Å². The number of halogens is 5. The van der Waals surface area contributed by atoms with Crippen molar-refractivity contribution in [3.05, 3.63) is 104 Å². The smallest absolute Gasteiger partial charge is 0.321 e. The van der Waals surface area contributed by atoms with Crippen molar-refractivity contribution in [2.45, 2.75) is 77.9 Å². The molecule has 2 aliphatic carbocycles. The largest absolute Gasteiger partial charge is 0.424 e. The highest BCUT2D eigenvalue weighted by molar-refractivity contribution is 9.10. The van der Waals surface area contributed by atoms with Gasteiger partial charge in [-0.2, -0.15) is 25.3 Å². The van der Waals surface area contributed by atoms with E-state index in [1.807, 2.05) is 47.1 Å². The highest BCUT2D eigenvalue weighted by atomic mass is 79.9. The lowest BCUT2D eigenvalue weighted by molar-refractivity contribution is 0.265. The first-order valence-electron chi connectivity index (χ1n) is 22.1. The van der Waals surface area contributed by atoms with Crippen molar-refractivity contribution in [2.24, 2.45) is 35.3 Å². The van der Waals surface area contributed by atoms with Gasteiger partial charge in [-0.15, -0.1) is 15.3 Å². The molecule has 2 saturated carbocycles. The van der Waals surface area contributed by atoms with Crippen molar-refractivity contribution in [2.75, 3.05) is 36.0 Å². The molecule has 344 valence electrons. The van der Waals surface area contributed by atoms with Crippen LogP contribution in [0.25, 0.3) is 0 Å². The molecule has 4 fully saturated rings. The van der Waals surface area contributed by atoms with Gasteiger partial charge in [0.1, 0.15) is 11.5 Å². The lowest BCUT2D eigenvalue weighted by atomic mass is 9.82. The fraction of sp³-hybridized carbons (Fsp3) is 0.467. The molecule has 20 heteroatoms. The van der Waals surface area contributed by atoms with E-state index < -0.39 is 0 Å². The minimum Gasteiger partial charge on any atom is -0.424 e. The Kier molecular flexibility index (Phi) is 16.0. The summed E-state index contributed by atoms with van der Waals surface area (Å²) in [5, 5.41) is 26.7. The zero-order valence-corrected chi connectivity index (χ0v) is 40.8. The molecule has 15 nitrogen and oxygen atoms in total. The summed E-state index contributed by atoms with van der Waals surface area (Å²) in [5.74, 6) is 5.23. The third kappa shape index (κ3) is 12.2. The molecule has 6 aromatic rings. The summed E-state index contributed by atoms with van der Waals surface area (Å²) in [5.41, 5.74) is 8.30. The minimum atomic E-state index is 0.390. The monoisotopic (exact) mass is 1030 g/mol. The quantitative estimate of drug-likeness (QED) is 0.123. The molecular formula is C45H52BrCl4N13O2. The predicted octanol–water partition coefficient (Wildman–Crippen LogP) is 10.5. The minimum absolute atomic E-state index is 0.390. The maximum absolute atomic E-state index is 6.17. The first-order valence-corrected chi connectivity index (χ1v) is 24.4. The van der Waals surface area contributed by atoms with E-state index in [0.717, 1.165) is 75.7 Å².